The Kier molecular flexibility index (Phi) is 4.54. The van der Waals surface area contributed by atoms with Crippen LogP contribution in [0.5, 0.6) is 0 Å². The molecule has 16 heavy (non-hydrogen) atoms. The Morgan fingerprint density at radius 2 is 1.94 bits per heavy atom. The Hall–Kier alpha value is -0.830. The molecule has 0 aromatic carbocycles. The van der Waals surface area contributed by atoms with Crippen molar-refractivity contribution in [1.82, 2.24) is 4.90 Å². The van der Waals surface area contributed by atoms with E-state index in [1.54, 1.807) is 6.08 Å². The monoisotopic (exact) mass is 225 g/mol. The highest BCUT2D eigenvalue weighted by Crippen LogP contribution is 2.23. The van der Waals surface area contributed by atoms with Crippen molar-refractivity contribution >= 4 is 5.97 Å². The number of rotatable bonds is 2. The normalized spacial score (nSPS) is 18.4. The van der Waals surface area contributed by atoms with Gasteiger partial charge in [0.05, 0.1) is 6.61 Å². The summed E-state index contributed by atoms with van der Waals surface area (Å²) in [7, 11) is 0. The van der Waals surface area contributed by atoms with Crippen molar-refractivity contribution in [1.29, 1.82) is 0 Å². The lowest BCUT2D eigenvalue weighted by molar-refractivity contribution is -0.137. The lowest BCUT2D eigenvalue weighted by Crippen LogP contribution is -2.44. The largest absolute Gasteiger partial charge is 0.463 e. The summed E-state index contributed by atoms with van der Waals surface area (Å²) in [6.07, 6.45) is 3.63. The van der Waals surface area contributed by atoms with E-state index in [1.165, 1.54) is 5.57 Å². The average molecular weight is 225 g/mol. The molecule has 0 saturated carbocycles. The van der Waals surface area contributed by atoms with Gasteiger partial charge in [-0.15, -0.1) is 0 Å². The third-order valence-electron chi connectivity index (χ3n) is 2.96. The maximum absolute atomic E-state index is 11.3. The molecule has 0 unspecified atom stereocenters. The van der Waals surface area contributed by atoms with E-state index < -0.39 is 0 Å². The van der Waals surface area contributed by atoms with Gasteiger partial charge in [0.2, 0.25) is 0 Å². The van der Waals surface area contributed by atoms with E-state index in [4.69, 9.17) is 4.74 Å². The molecule has 1 saturated heterocycles. The molecule has 0 radical (unpaired) electrons. The van der Waals surface area contributed by atoms with Crippen molar-refractivity contribution in [2.24, 2.45) is 0 Å². The van der Waals surface area contributed by atoms with Crippen molar-refractivity contribution in [2.45, 2.75) is 46.1 Å². The van der Waals surface area contributed by atoms with Gasteiger partial charge >= 0.3 is 5.97 Å². The van der Waals surface area contributed by atoms with Gasteiger partial charge in [-0.05, 0) is 40.5 Å². The van der Waals surface area contributed by atoms with E-state index in [9.17, 15) is 4.79 Å². The van der Waals surface area contributed by atoms with Crippen LogP contribution < -0.4 is 0 Å². The van der Waals surface area contributed by atoms with E-state index in [1.807, 2.05) is 6.92 Å². The SMILES string of the molecule is CCOC(=O)C=C1CCN(C(C)(C)C)CC1. The highest BCUT2D eigenvalue weighted by atomic mass is 16.5. The summed E-state index contributed by atoms with van der Waals surface area (Å²) in [5.74, 6) is -0.193. The molecule has 0 spiro atoms. The molecular formula is C13H23NO2. The smallest absolute Gasteiger partial charge is 0.330 e. The first-order chi connectivity index (χ1) is 7.43. The fraction of sp³-hybridized carbons (Fsp3) is 0.769. The maximum atomic E-state index is 11.3. The number of ether oxygens (including phenoxy) is 1. The highest BCUT2D eigenvalue weighted by molar-refractivity contribution is 5.82. The lowest BCUT2D eigenvalue weighted by atomic mass is 9.97. The molecule has 0 amide bonds. The highest BCUT2D eigenvalue weighted by Gasteiger charge is 2.24. The van der Waals surface area contributed by atoms with Crippen molar-refractivity contribution in [3.8, 4) is 0 Å². The van der Waals surface area contributed by atoms with Crippen LogP contribution in [0.4, 0.5) is 0 Å². The molecule has 1 fully saturated rings. The minimum atomic E-state index is -0.193. The van der Waals surface area contributed by atoms with Gasteiger partial charge in [-0.25, -0.2) is 4.79 Å². The fourth-order valence-electron chi connectivity index (χ4n) is 1.96. The van der Waals surface area contributed by atoms with Crippen LogP contribution in [0.2, 0.25) is 0 Å². The van der Waals surface area contributed by atoms with Gasteiger partial charge in [0, 0.05) is 24.7 Å². The predicted octanol–water partition coefficient (Wildman–Crippen LogP) is 2.37. The molecule has 1 aliphatic rings. The van der Waals surface area contributed by atoms with Gasteiger partial charge in [0.15, 0.2) is 0 Å². The van der Waals surface area contributed by atoms with Crippen LogP contribution in [0.25, 0.3) is 0 Å². The van der Waals surface area contributed by atoms with Crippen molar-refractivity contribution in [3.05, 3.63) is 11.6 Å². The minimum absolute atomic E-state index is 0.193. The predicted molar refractivity (Wildman–Crippen MR) is 65.3 cm³/mol. The summed E-state index contributed by atoms with van der Waals surface area (Å²) in [5.41, 5.74) is 1.45. The topological polar surface area (TPSA) is 29.5 Å². The standard InChI is InChI=1S/C13H23NO2/c1-5-16-12(15)10-11-6-8-14(9-7-11)13(2,3)4/h10H,5-9H2,1-4H3. The van der Waals surface area contributed by atoms with Crippen LogP contribution in [-0.2, 0) is 9.53 Å². The summed E-state index contributed by atoms with van der Waals surface area (Å²) in [6.45, 7) is 11.0. The van der Waals surface area contributed by atoms with Crippen LogP contribution in [0, 0.1) is 0 Å². The fourth-order valence-corrected chi connectivity index (χ4v) is 1.96. The first-order valence-electron chi connectivity index (χ1n) is 6.04. The first-order valence-corrected chi connectivity index (χ1v) is 6.04. The number of piperidine rings is 1. The van der Waals surface area contributed by atoms with Crippen molar-refractivity contribution in [2.75, 3.05) is 19.7 Å². The number of carbonyl (C=O) groups is 1. The number of hydrogen-bond acceptors (Lipinski definition) is 3. The summed E-state index contributed by atoms with van der Waals surface area (Å²) in [5, 5.41) is 0. The Labute approximate surface area is 98.5 Å². The Bertz CT molecular complexity index is 266. The molecule has 0 aromatic rings. The van der Waals surface area contributed by atoms with Gasteiger partial charge in [-0.2, -0.15) is 0 Å². The molecule has 0 N–H and O–H groups in total. The number of nitrogens with zero attached hydrogens (tertiary/aromatic N) is 1. The van der Waals surface area contributed by atoms with E-state index in [0.717, 1.165) is 25.9 Å². The number of esters is 1. The maximum Gasteiger partial charge on any atom is 0.330 e. The molecule has 0 aromatic heterocycles. The molecule has 1 rings (SSSR count). The van der Waals surface area contributed by atoms with E-state index >= 15 is 0 Å². The summed E-state index contributed by atoms with van der Waals surface area (Å²) < 4.78 is 4.91. The number of carbonyl (C=O) groups excluding carboxylic acids is 1. The second-order valence-corrected chi connectivity index (χ2v) is 5.21. The van der Waals surface area contributed by atoms with E-state index in [2.05, 4.69) is 25.7 Å². The van der Waals surface area contributed by atoms with Gasteiger partial charge in [0.1, 0.15) is 0 Å². The van der Waals surface area contributed by atoms with Crippen molar-refractivity contribution in [3.63, 3.8) is 0 Å². The third kappa shape index (κ3) is 3.97. The molecule has 1 aliphatic heterocycles. The number of likely N-dealkylation sites (tertiary alicyclic amines) is 1. The second-order valence-electron chi connectivity index (χ2n) is 5.21. The van der Waals surface area contributed by atoms with Crippen molar-refractivity contribution < 1.29 is 9.53 Å². The van der Waals surface area contributed by atoms with Gasteiger partial charge in [-0.1, -0.05) is 5.57 Å². The summed E-state index contributed by atoms with van der Waals surface area (Å²) in [6, 6.07) is 0. The Morgan fingerprint density at radius 3 is 2.38 bits per heavy atom. The molecule has 92 valence electrons. The summed E-state index contributed by atoms with van der Waals surface area (Å²) in [4.78, 5) is 13.7. The molecule has 3 nitrogen and oxygen atoms in total. The lowest BCUT2D eigenvalue weighted by Gasteiger charge is -2.39. The van der Waals surface area contributed by atoms with Gasteiger partial charge in [-0.3, -0.25) is 4.90 Å². The van der Waals surface area contributed by atoms with E-state index in [-0.39, 0.29) is 11.5 Å². The number of hydrogen-bond donors (Lipinski definition) is 0. The Morgan fingerprint density at radius 1 is 1.38 bits per heavy atom. The molecule has 0 bridgehead atoms. The average Bonchev–Trinajstić information content (AvgIpc) is 2.17. The minimum Gasteiger partial charge on any atom is -0.463 e. The molecule has 3 heteroatoms. The summed E-state index contributed by atoms with van der Waals surface area (Å²) >= 11 is 0. The van der Waals surface area contributed by atoms with E-state index in [0.29, 0.717) is 6.61 Å². The quantitative estimate of drug-likeness (QED) is 0.534. The second kappa shape index (κ2) is 5.48. The molecule has 0 atom stereocenters. The third-order valence-corrected chi connectivity index (χ3v) is 2.96. The van der Waals surface area contributed by atoms with Crippen LogP contribution in [0.3, 0.4) is 0 Å². The van der Waals surface area contributed by atoms with Gasteiger partial charge < -0.3 is 4.74 Å². The van der Waals surface area contributed by atoms with Gasteiger partial charge in [0.25, 0.3) is 0 Å². The van der Waals surface area contributed by atoms with Crippen LogP contribution in [-0.4, -0.2) is 36.1 Å². The zero-order chi connectivity index (χ0) is 12.2. The van der Waals surface area contributed by atoms with Crippen LogP contribution >= 0.6 is 0 Å². The molecule has 0 aliphatic carbocycles. The Balaban J connectivity index is 2.46. The molecule has 1 heterocycles. The molecular weight excluding hydrogens is 202 g/mol. The van der Waals surface area contributed by atoms with Crippen LogP contribution in [0.15, 0.2) is 11.6 Å². The van der Waals surface area contributed by atoms with Crippen LogP contribution in [0.1, 0.15) is 40.5 Å². The first kappa shape index (κ1) is 13.2. The zero-order valence-electron chi connectivity index (χ0n) is 10.9. The zero-order valence-corrected chi connectivity index (χ0v) is 10.9.